The minimum absolute atomic E-state index is 0. The van der Waals surface area contributed by atoms with Crippen molar-refractivity contribution in [1.29, 1.82) is 0 Å². The van der Waals surface area contributed by atoms with E-state index in [9.17, 15) is 0 Å². The Hall–Kier alpha value is 0.423. The topological polar surface area (TPSA) is 0 Å². The molecule has 0 fully saturated rings. The van der Waals surface area contributed by atoms with Crippen LogP contribution in [0.15, 0.2) is 40.5 Å². The molecule has 0 N–H and O–H groups in total. The smallest absolute Gasteiger partial charge is 1.00 e. The maximum atomic E-state index is 3.73. The van der Waals surface area contributed by atoms with Crippen molar-refractivity contribution < 1.29 is 51.0 Å². The quantitative estimate of drug-likeness (QED) is 0.518. The van der Waals surface area contributed by atoms with E-state index in [1.54, 1.807) is 16.7 Å². The van der Waals surface area contributed by atoms with Gasteiger partial charge in [-0.3, -0.25) is 6.08 Å². The molecule has 3 aliphatic rings. The molecule has 1 unspecified atom stereocenters. The normalized spacial score (nSPS) is 23.1. The first-order valence-corrected chi connectivity index (χ1v) is 6.10. The Balaban J connectivity index is 0.000000963. The van der Waals surface area contributed by atoms with Gasteiger partial charge >= 0.3 is 26.2 Å². The summed E-state index contributed by atoms with van der Waals surface area (Å²) in [6.07, 6.45) is 16.7. The van der Waals surface area contributed by atoms with Crippen molar-refractivity contribution in [3.05, 3.63) is 46.6 Å². The summed E-state index contributed by atoms with van der Waals surface area (Å²) in [6, 6.07) is 0. The third kappa shape index (κ3) is 3.11. The van der Waals surface area contributed by atoms with Gasteiger partial charge in [-0.05, 0) is 6.42 Å². The van der Waals surface area contributed by atoms with E-state index in [0.29, 0.717) is 5.92 Å². The van der Waals surface area contributed by atoms with Gasteiger partial charge in [0.1, 0.15) is 0 Å². The van der Waals surface area contributed by atoms with Gasteiger partial charge in [-0.1, -0.05) is 62.3 Å². The minimum Gasteiger partial charge on any atom is -1.00 e. The molecule has 0 heterocycles. The molecular weight excluding hydrogens is 342 g/mol. The number of hydrogen-bond donors (Lipinski definition) is 0. The molecule has 0 amide bonds. The van der Waals surface area contributed by atoms with Crippen molar-refractivity contribution in [2.45, 2.75) is 39.0 Å². The molecule has 95 valence electrons. The summed E-state index contributed by atoms with van der Waals surface area (Å²) in [7, 11) is 0. The summed E-state index contributed by atoms with van der Waals surface area (Å²) in [5.41, 5.74) is 6.45. The first kappa shape index (κ1) is 18.4. The van der Waals surface area contributed by atoms with Crippen LogP contribution in [-0.2, 0) is 26.2 Å². The van der Waals surface area contributed by atoms with Crippen LogP contribution >= 0.6 is 0 Å². The average Bonchev–Trinajstić information content (AvgIpc) is 2.73. The van der Waals surface area contributed by atoms with E-state index in [1.807, 2.05) is 0 Å². The van der Waals surface area contributed by atoms with E-state index in [2.05, 4.69) is 31.2 Å². The van der Waals surface area contributed by atoms with Crippen LogP contribution in [0.4, 0.5) is 0 Å². The molecule has 3 aliphatic carbocycles. The van der Waals surface area contributed by atoms with Crippen LogP contribution in [-0.4, -0.2) is 0 Å². The standard InChI is InChI=1S/C15H17.2ClH.Zr/c1-2-5-12-10-15(11-6-3-4-7-11)14-9-8-13(12)14;;;/h3-4,6,15H,2,5,7-9H2,1H3;2*1H;/q-1;;;+3/p-2. The fourth-order valence-electron chi connectivity index (χ4n) is 2.87. The second kappa shape index (κ2) is 7.88. The predicted octanol–water partition coefficient (Wildman–Crippen LogP) is -1.87. The summed E-state index contributed by atoms with van der Waals surface area (Å²) in [6.45, 7) is 2.26. The zero-order chi connectivity index (χ0) is 10.3. The second-order valence-electron chi connectivity index (χ2n) is 4.68. The summed E-state index contributed by atoms with van der Waals surface area (Å²) in [4.78, 5) is 0. The van der Waals surface area contributed by atoms with Crippen molar-refractivity contribution in [3.8, 4) is 0 Å². The van der Waals surface area contributed by atoms with Gasteiger partial charge in [0.25, 0.3) is 0 Å². The predicted molar refractivity (Wildman–Crippen MR) is 63.3 cm³/mol. The summed E-state index contributed by atoms with van der Waals surface area (Å²) in [5, 5.41) is 0. The minimum atomic E-state index is 0. The summed E-state index contributed by atoms with van der Waals surface area (Å²) >= 11 is 0. The van der Waals surface area contributed by atoms with Gasteiger partial charge in [0, 0.05) is 0 Å². The van der Waals surface area contributed by atoms with E-state index >= 15 is 0 Å². The molecule has 1 radical (unpaired) electrons. The van der Waals surface area contributed by atoms with Gasteiger partial charge in [0.05, 0.1) is 0 Å². The van der Waals surface area contributed by atoms with Gasteiger partial charge < -0.3 is 24.8 Å². The molecule has 18 heavy (non-hydrogen) atoms. The van der Waals surface area contributed by atoms with Crippen molar-refractivity contribution in [2.24, 2.45) is 5.92 Å². The number of rotatable bonds is 3. The van der Waals surface area contributed by atoms with Gasteiger partial charge in [-0.15, -0.1) is 0 Å². The van der Waals surface area contributed by atoms with Crippen molar-refractivity contribution in [1.82, 2.24) is 0 Å². The van der Waals surface area contributed by atoms with Crippen molar-refractivity contribution in [2.75, 3.05) is 0 Å². The Morgan fingerprint density at radius 2 is 2.06 bits per heavy atom. The monoisotopic (exact) mass is 357 g/mol. The molecule has 0 aromatic rings. The Kier molecular flexibility index (Phi) is 8.06. The first-order chi connectivity index (χ1) is 7.40. The van der Waals surface area contributed by atoms with Crippen LogP contribution in [0, 0.1) is 12.0 Å². The molecule has 0 saturated heterocycles. The second-order valence-corrected chi connectivity index (χ2v) is 4.68. The summed E-state index contributed by atoms with van der Waals surface area (Å²) in [5.74, 6) is 0.560. The zero-order valence-corrected chi connectivity index (χ0v) is 14.6. The van der Waals surface area contributed by atoms with Crippen molar-refractivity contribution in [3.63, 3.8) is 0 Å². The molecule has 1 atom stereocenters. The molecule has 0 saturated carbocycles. The van der Waals surface area contributed by atoms with Crippen LogP contribution < -0.4 is 24.8 Å². The third-order valence-electron chi connectivity index (χ3n) is 3.73. The average molecular weight is 359 g/mol. The van der Waals surface area contributed by atoms with Gasteiger partial charge in [-0.25, -0.2) is 5.57 Å². The van der Waals surface area contributed by atoms with E-state index in [-0.39, 0.29) is 51.0 Å². The molecule has 3 heteroatoms. The van der Waals surface area contributed by atoms with E-state index < -0.39 is 0 Å². The molecule has 0 aromatic heterocycles. The zero-order valence-electron chi connectivity index (χ0n) is 10.6. The van der Waals surface area contributed by atoms with E-state index in [1.165, 1.54) is 31.3 Å². The van der Waals surface area contributed by atoms with Crippen LogP contribution in [0.5, 0.6) is 0 Å². The van der Waals surface area contributed by atoms with Crippen LogP contribution in [0.1, 0.15) is 39.0 Å². The molecule has 0 bridgehead atoms. The van der Waals surface area contributed by atoms with Crippen molar-refractivity contribution >= 4 is 0 Å². The van der Waals surface area contributed by atoms with Gasteiger partial charge in [-0.2, -0.15) is 11.1 Å². The first-order valence-electron chi connectivity index (χ1n) is 6.10. The number of halogens is 2. The van der Waals surface area contributed by atoms with E-state index in [4.69, 9.17) is 0 Å². The van der Waals surface area contributed by atoms with E-state index in [0.717, 1.165) is 6.42 Å². The summed E-state index contributed by atoms with van der Waals surface area (Å²) < 4.78 is 0. The molecule has 0 spiro atoms. The van der Waals surface area contributed by atoms with Crippen LogP contribution in [0.3, 0.4) is 0 Å². The van der Waals surface area contributed by atoms with Gasteiger partial charge in [0.15, 0.2) is 0 Å². The SMILES string of the molecule is CCCC1=[C-]C(C2=CC=CC2)C2=C1CC2.[Cl-].[Cl-].[Zr+3]. The van der Waals surface area contributed by atoms with Gasteiger partial charge in [0.2, 0.25) is 0 Å². The molecule has 0 nitrogen and oxygen atoms in total. The third-order valence-corrected chi connectivity index (χ3v) is 3.73. The fraction of sp³-hybridized carbons (Fsp3) is 0.467. The fourth-order valence-corrected chi connectivity index (χ4v) is 2.87. The Bertz CT molecular complexity index is 416. The largest absolute Gasteiger partial charge is 3.00 e. The molecule has 3 rings (SSSR count). The number of hydrogen-bond acceptors (Lipinski definition) is 0. The Morgan fingerprint density at radius 3 is 2.56 bits per heavy atom. The Morgan fingerprint density at radius 1 is 1.28 bits per heavy atom. The molecular formula is C15H17Cl2Zr. The van der Waals surface area contributed by atoms with Crippen LogP contribution in [0.2, 0.25) is 0 Å². The maximum Gasteiger partial charge on any atom is 3.00 e. The molecule has 0 aromatic carbocycles. The number of allylic oxidation sites excluding steroid dienone is 8. The maximum absolute atomic E-state index is 3.73. The van der Waals surface area contributed by atoms with Crippen LogP contribution in [0.25, 0.3) is 0 Å². The molecule has 0 aliphatic heterocycles. The Labute approximate surface area is 142 Å².